The number of hydrogen-bond donors (Lipinski definition) is 2. The number of sulfonamides is 1. The van der Waals surface area contributed by atoms with Crippen molar-refractivity contribution in [3.63, 3.8) is 0 Å². The van der Waals surface area contributed by atoms with E-state index >= 15 is 0 Å². The number of methoxy groups -OCH3 is 2. The van der Waals surface area contributed by atoms with E-state index in [4.69, 9.17) is 21.1 Å². The van der Waals surface area contributed by atoms with Gasteiger partial charge in [0.25, 0.3) is 0 Å². The molecule has 0 saturated carbocycles. The fourth-order valence-corrected chi connectivity index (χ4v) is 3.36. The molecule has 0 saturated heterocycles. The Bertz CT molecular complexity index is 810. The Kier molecular flexibility index (Phi) is 7.71. The third-order valence-electron chi connectivity index (χ3n) is 3.77. The molecule has 26 heavy (non-hydrogen) atoms. The van der Waals surface area contributed by atoms with E-state index in [1.807, 2.05) is 12.1 Å². The van der Waals surface area contributed by atoms with E-state index < -0.39 is 10.0 Å². The maximum Gasteiger partial charge on any atom is 0.213 e. The molecule has 0 atom stereocenters. The molecule has 0 fully saturated rings. The van der Waals surface area contributed by atoms with Gasteiger partial charge in [-0.15, -0.1) is 0 Å². The van der Waals surface area contributed by atoms with E-state index in [1.54, 1.807) is 37.4 Å². The molecule has 0 spiro atoms. The largest absolute Gasteiger partial charge is 0.497 e. The molecule has 0 unspecified atom stereocenters. The van der Waals surface area contributed by atoms with Gasteiger partial charge < -0.3 is 14.8 Å². The first-order chi connectivity index (χ1) is 12.4. The summed E-state index contributed by atoms with van der Waals surface area (Å²) < 4.78 is 37.3. The SMILES string of the molecule is COc1ccc(CNS(=O)(=O)CCNCc2ccc(Cl)cc2)c(OC)c1. The number of hydrogen-bond acceptors (Lipinski definition) is 5. The van der Waals surface area contributed by atoms with Crippen LogP contribution in [0.2, 0.25) is 5.02 Å². The maximum atomic E-state index is 12.1. The van der Waals surface area contributed by atoms with E-state index in [2.05, 4.69) is 10.0 Å². The molecule has 0 radical (unpaired) electrons. The summed E-state index contributed by atoms with van der Waals surface area (Å²) in [6.07, 6.45) is 0. The monoisotopic (exact) mass is 398 g/mol. The van der Waals surface area contributed by atoms with Crippen LogP contribution >= 0.6 is 11.6 Å². The smallest absolute Gasteiger partial charge is 0.213 e. The minimum absolute atomic E-state index is 0.0148. The second-order valence-electron chi connectivity index (χ2n) is 5.62. The van der Waals surface area contributed by atoms with Gasteiger partial charge in [-0.2, -0.15) is 0 Å². The number of nitrogens with one attached hydrogen (secondary N) is 2. The van der Waals surface area contributed by atoms with Crippen LogP contribution in [-0.4, -0.2) is 34.9 Å². The Morgan fingerprint density at radius 1 is 1.00 bits per heavy atom. The first-order valence-corrected chi connectivity index (χ1v) is 10.1. The van der Waals surface area contributed by atoms with Gasteiger partial charge in [0.15, 0.2) is 0 Å². The maximum absolute atomic E-state index is 12.1. The third kappa shape index (κ3) is 6.49. The van der Waals surface area contributed by atoms with E-state index in [1.165, 1.54) is 7.11 Å². The van der Waals surface area contributed by atoms with E-state index in [0.717, 1.165) is 11.1 Å². The summed E-state index contributed by atoms with van der Waals surface area (Å²) >= 11 is 5.83. The van der Waals surface area contributed by atoms with Crippen LogP contribution in [0, 0.1) is 0 Å². The zero-order chi connectivity index (χ0) is 19.0. The normalized spacial score (nSPS) is 11.3. The van der Waals surface area contributed by atoms with Crippen LogP contribution < -0.4 is 19.5 Å². The summed E-state index contributed by atoms with van der Waals surface area (Å²) in [7, 11) is -0.303. The van der Waals surface area contributed by atoms with E-state index in [9.17, 15) is 8.42 Å². The van der Waals surface area contributed by atoms with Crippen LogP contribution in [0.25, 0.3) is 0 Å². The van der Waals surface area contributed by atoms with Crippen molar-refractivity contribution in [3.05, 3.63) is 58.6 Å². The van der Waals surface area contributed by atoms with Crippen molar-refractivity contribution < 1.29 is 17.9 Å². The second kappa shape index (κ2) is 9.78. The van der Waals surface area contributed by atoms with Gasteiger partial charge in [-0.25, -0.2) is 13.1 Å². The molecule has 2 rings (SSSR count). The van der Waals surface area contributed by atoms with Crippen molar-refractivity contribution in [1.82, 2.24) is 10.0 Å². The van der Waals surface area contributed by atoms with E-state index in [0.29, 0.717) is 29.6 Å². The Hall–Kier alpha value is -1.80. The first kappa shape index (κ1) is 20.5. The average molecular weight is 399 g/mol. The van der Waals surface area contributed by atoms with Crippen molar-refractivity contribution in [1.29, 1.82) is 0 Å². The Morgan fingerprint density at radius 2 is 1.73 bits per heavy atom. The minimum atomic E-state index is -3.40. The predicted molar refractivity (Wildman–Crippen MR) is 103 cm³/mol. The highest BCUT2D eigenvalue weighted by Gasteiger charge is 2.12. The highest BCUT2D eigenvalue weighted by Crippen LogP contribution is 2.24. The average Bonchev–Trinajstić information content (AvgIpc) is 2.65. The molecule has 0 aromatic heterocycles. The molecule has 0 aliphatic carbocycles. The second-order valence-corrected chi connectivity index (χ2v) is 7.98. The molecule has 2 N–H and O–H groups in total. The van der Waals surface area contributed by atoms with Gasteiger partial charge in [-0.1, -0.05) is 29.8 Å². The van der Waals surface area contributed by atoms with Crippen LogP contribution in [-0.2, 0) is 23.1 Å². The summed E-state index contributed by atoms with van der Waals surface area (Å²) in [5, 5.41) is 3.79. The summed E-state index contributed by atoms with van der Waals surface area (Å²) in [6.45, 7) is 1.09. The van der Waals surface area contributed by atoms with Gasteiger partial charge in [0.05, 0.1) is 20.0 Å². The lowest BCUT2D eigenvalue weighted by Crippen LogP contribution is -2.31. The van der Waals surface area contributed by atoms with Gasteiger partial charge in [0, 0.05) is 36.3 Å². The summed E-state index contributed by atoms with van der Waals surface area (Å²) in [4.78, 5) is 0. The Labute approximate surface area is 159 Å². The van der Waals surface area contributed by atoms with Crippen LogP contribution in [0.4, 0.5) is 0 Å². The van der Waals surface area contributed by atoms with Crippen LogP contribution in [0.5, 0.6) is 11.5 Å². The predicted octanol–water partition coefficient (Wildman–Crippen LogP) is 2.57. The summed E-state index contributed by atoms with van der Waals surface area (Å²) in [5.41, 5.74) is 1.79. The van der Waals surface area contributed by atoms with Gasteiger partial charge >= 0.3 is 0 Å². The lowest BCUT2D eigenvalue weighted by Gasteiger charge is -2.12. The first-order valence-electron chi connectivity index (χ1n) is 8.07. The highest BCUT2D eigenvalue weighted by molar-refractivity contribution is 7.89. The highest BCUT2D eigenvalue weighted by atomic mass is 35.5. The van der Waals surface area contributed by atoms with Crippen molar-refractivity contribution in [2.45, 2.75) is 13.1 Å². The molecule has 142 valence electrons. The molecule has 0 amide bonds. The molecule has 6 nitrogen and oxygen atoms in total. The van der Waals surface area contributed by atoms with Crippen molar-refractivity contribution in [2.75, 3.05) is 26.5 Å². The van der Waals surface area contributed by atoms with Crippen LogP contribution in [0.1, 0.15) is 11.1 Å². The number of ether oxygens (including phenoxy) is 2. The molecule has 2 aromatic rings. The lowest BCUT2D eigenvalue weighted by atomic mass is 10.2. The molecule has 0 heterocycles. The molecule has 2 aromatic carbocycles. The van der Waals surface area contributed by atoms with Crippen molar-refractivity contribution in [2.24, 2.45) is 0 Å². The minimum Gasteiger partial charge on any atom is -0.497 e. The summed E-state index contributed by atoms with van der Waals surface area (Å²) in [5.74, 6) is 1.21. The fourth-order valence-electron chi connectivity index (χ4n) is 2.30. The van der Waals surface area contributed by atoms with Crippen molar-refractivity contribution >= 4 is 21.6 Å². The van der Waals surface area contributed by atoms with Gasteiger partial charge in [-0.3, -0.25) is 0 Å². The quantitative estimate of drug-likeness (QED) is 0.601. The van der Waals surface area contributed by atoms with Gasteiger partial charge in [0.1, 0.15) is 11.5 Å². The number of benzene rings is 2. The van der Waals surface area contributed by atoms with Crippen molar-refractivity contribution in [3.8, 4) is 11.5 Å². The summed E-state index contributed by atoms with van der Waals surface area (Å²) in [6, 6.07) is 12.7. The zero-order valence-corrected chi connectivity index (χ0v) is 16.4. The molecule has 8 heteroatoms. The molecule has 0 aliphatic rings. The Morgan fingerprint density at radius 3 is 2.38 bits per heavy atom. The topological polar surface area (TPSA) is 76.7 Å². The third-order valence-corrected chi connectivity index (χ3v) is 5.34. The molecule has 0 aliphatic heterocycles. The zero-order valence-electron chi connectivity index (χ0n) is 14.8. The molecular formula is C18H23ClN2O4S. The van der Waals surface area contributed by atoms with Crippen LogP contribution in [0.3, 0.4) is 0 Å². The Balaban J connectivity index is 1.80. The molecule has 0 bridgehead atoms. The number of rotatable bonds is 10. The van der Waals surface area contributed by atoms with E-state index in [-0.39, 0.29) is 12.3 Å². The van der Waals surface area contributed by atoms with Crippen LogP contribution in [0.15, 0.2) is 42.5 Å². The van der Waals surface area contributed by atoms with Gasteiger partial charge in [0.2, 0.25) is 10.0 Å². The standard InChI is InChI=1S/C18H23ClN2O4S/c1-24-17-8-5-15(18(11-17)25-2)13-21-26(22,23)10-9-20-12-14-3-6-16(19)7-4-14/h3-8,11,20-21H,9-10,12-13H2,1-2H3. The fraction of sp³-hybridized carbons (Fsp3) is 0.333. The molecular weight excluding hydrogens is 376 g/mol. The van der Waals surface area contributed by atoms with Gasteiger partial charge in [-0.05, 0) is 23.8 Å². The lowest BCUT2D eigenvalue weighted by molar-refractivity contribution is 0.390. The number of halogens is 1.